The van der Waals surface area contributed by atoms with Crippen LogP contribution in [0.4, 0.5) is 9.52 Å². The van der Waals surface area contributed by atoms with Gasteiger partial charge in [-0.25, -0.2) is 9.37 Å². The monoisotopic (exact) mass is 539 g/mol. The first-order valence-electron chi connectivity index (χ1n) is 12.4. The zero-order valence-corrected chi connectivity index (χ0v) is 22.2. The number of carbonyl (C=O) groups excluding carboxylic acids is 1. The fourth-order valence-electron chi connectivity index (χ4n) is 4.71. The summed E-state index contributed by atoms with van der Waals surface area (Å²) in [6, 6.07) is 25.2. The van der Waals surface area contributed by atoms with Crippen molar-refractivity contribution in [3.63, 3.8) is 0 Å². The van der Waals surface area contributed by atoms with E-state index in [0.717, 1.165) is 55.1 Å². The van der Waals surface area contributed by atoms with E-state index in [-0.39, 0.29) is 30.0 Å². The largest absolute Gasteiger partial charge is 0.379 e. The fraction of sp³-hybridized carbons (Fsp3) is 0.310. The van der Waals surface area contributed by atoms with Gasteiger partial charge in [-0.2, -0.15) is 0 Å². The molecular formula is C29H31ClFN3O2S. The second-order valence-corrected chi connectivity index (χ2v) is 10.0. The third kappa shape index (κ3) is 6.73. The molecule has 1 fully saturated rings. The highest BCUT2D eigenvalue weighted by atomic mass is 35.5. The van der Waals surface area contributed by atoms with E-state index in [2.05, 4.69) is 34.1 Å². The highest BCUT2D eigenvalue weighted by Gasteiger charge is 2.26. The third-order valence-electron chi connectivity index (χ3n) is 6.63. The van der Waals surface area contributed by atoms with E-state index >= 15 is 0 Å². The minimum atomic E-state index is -0.359. The van der Waals surface area contributed by atoms with E-state index in [4.69, 9.17) is 4.74 Å². The van der Waals surface area contributed by atoms with Gasteiger partial charge >= 0.3 is 0 Å². The summed E-state index contributed by atoms with van der Waals surface area (Å²) >= 11 is 1.37. The number of benzene rings is 3. The second kappa shape index (κ2) is 13.1. The van der Waals surface area contributed by atoms with Crippen molar-refractivity contribution in [3.8, 4) is 0 Å². The second-order valence-electron chi connectivity index (χ2n) is 9.01. The summed E-state index contributed by atoms with van der Waals surface area (Å²) in [5.74, 6) is -0.441. The number of nitrogens with zero attached hydrogens (tertiary/aromatic N) is 3. The molecule has 2 heterocycles. The van der Waals surface area contributed by atoms with Crippen molar-refractivity contribution in [2.75, 3.05) is 44.3 Å². The van der Waals surface area contributed by atoms with E-state index in [1.165, 1.54) is 17.4 Å². The molecule has 4 aromatic rings. The molecule has 1 aromatic heterocycles. The van der Waals surface area contributed by atoms with Crippen molar-refractivity contribution in [2.45, 2.75) is 18.8 Å². The molecule has 0 saturated carbocycles. The molecule has 5 rings (SSSR count). The first-order valence-corrected chi connectivity index (χ1v) is 13.3. The van der Waals surface area contributed by atoms with Gasteiger partial charge in [0.05, 0.1) is 17.9 Å². The van der Waals surface area contributed by atoms with Crippen molar-refractivity contribution in [3.05, 3.63) is 95.8 Å². The molecular weight excluding hydrogens is 509 g/mol. The average Bonchev–Trinajstić information content (AvgIpc) is 3.36. The quantitative estimate of drug-likeness (QED) is 0.256. The topological polar surface area (TPSA) is 45.7 Å². The van der Waals surface area contributed by atoms with Crippen molar-refractivity contribution in [1.29, 1.82) is 0 Å². The molecule has 0 atom stereocenters. The normalized spacial score (nSPS) is 14.0. The summed E-state index contributed by atoms with van der Waals surface area (Å²) in [4.78, 5) is 22.6. The number of anilines is 1. The molecule has 37 heavy (non-hydrogen) atoms. The van der Waals surface area contributed by atoms with Gasteiger partial charge in [-0.1, -0.05) is 78.1 Å². The summed E-state index contributed by atoms with van der Waals surface area (Å²) in [6.45, 7) is 4.72. The lowest BCUT2D eigenvalue weighted by atomic mass is 9.88. The number of fused-ring (bicyclic) bond motifs is 1. The predicted molar refractivity (Wildman–Crippen MR) is 150 cm³/mol. The number of ether oxygens (including phenoxy) is 1. The van der Waals surface area contributed by atoms with Gasteiger partial charge < -0.3 is 4.74 Å². The Labute approximate surface area is 227 Å². The fourth-order valence-corrected chi connectivity index (χ4v) is 5.73. The van der Waals surface area contributed by atoms with Crippen molar-refractivity contribution < 1.29 is 13.9 Å². The molecule has 1 aliphatic rings. The number of thiazole rings is 1. The summed E-state index contributed by atoms with van der Waals surface area (Å²) in [5, 5.41) is 0.557. The van der Waals surface area contributed by atoms with Crippen LogP contribution in [0.15, 0.2) is 78.9 Å². The van der Waals surface area contributed by atoms with Gasteiger partial charge in [-0.3, -0.25) is 14.6 Å². The lowest BCUT2D eigenvalue weighted by molar-refractivity contribution is -0.118. The molecule has 1 aliphatic heterocycles. The number of rotatable bonds is 9. The van der Waals surface area contributed by atoms with Gasteiger partial charge in [0.25, 0.3) is 0 Å². The van der Waals surface area contributed by atoms with Crippen LogP contribution in [-0.2, 0) is 9.53 Å². The summed E-state index contributed by atoms with van der Waals surface area (Å²) < 4.78 is 20.6. The van der Waals surface area contributed by atoms with Gasteiger partial charge in [0.15, 0.2) is 5.13 Å². The number of halogens is 2. The Morgan fingerprint density at radius 3 is 2.24 bits per heavy atom. The maximum Gasteiger partial charge on any atom is 0.229 e. The number of carbonyl (C=O) groups is 1. The zero-order valence-electron chi connectivity index (χ0n) is 20.6. The van der Waals surface area contributed by atoms with Crippen LogP contribution in [-0.4, -0.2) is 55.2 Å². The maximum atomic E-state index is 14.4. The first kappa shape index (κ1) is 27.2. The lowest BCUT2D eigenvalue weighted by Gasteiger charge is -2.28. The molecule has 0 bridgehead atoms. The number of para-hydroxylation sites is 1. The van der Waals surface area contributed by atoms with Crippen molar-refractivity contribution in [2.24, 2.45) is 0 Å². The number of morpholine rings is 1. The van der Waals surface area contributed by atoms with Gasteiger partial charge in [0.1, 0.15) is 11.3 Å². The SMILES string of the molecule is Cl.O=C(CC(c1ccccc1)c1ccccc1)N(CCCN1CCOCC1)c1nc2c(F)cccc2s1. The van der Waals surface area contributed by atoms with E-state index in [9.17, 15) is 9.18 Å². The highest BCUT2D eigenvalue weighted by molar-refractivity contribution is 7.22. The molecule has 194 valence electrons. The van der Waals surface area contributed by atoms with Crippen LogP contribution in [0.25, 0.3) is 10.2 Å². The number of amides is 1. The molecule has 0 aliphatic carbocycles. The highest BCUT2D eigenvalue weighted by Crippen LogP contribution is 2.33. The average molecular weight is 540 g/mol. The Morgan fingerprint density at radius 2 is 1.62 bits per heavy atom. The van der Waals surface area contributed by atoms with Crippen LogP contribution in [0.1, 0.15) is 29.9 Å². The third-order valence-corrected chi connectivity index (χ3v) is 7.68. The maximum absolute atomic E-state index is 14.4. The zero-order chi connectivity index (χ0) is 24.7. The van der Waals surface area contributed by atoms with Crippen LogP contribution in [0.2, 0.25) is 0 Å². The number of hydrogen-bond donors (Lipinski definition) is 0. The van der Waals surface area contributed by atoms with E-state index in [0.29, 0.717) is 23.6 Å². The standard InChI is InChI=1S/C29H30FN3O2S.ClH/c30-25-13-7-14-26-28(25)31-29(36-26)33(16-8-15-32-17-19-35-20-18-32)27(34)21-24(22-9-3-1-4-10-22)23-11-5-2-6-12-23;/h1-7,9-14,24H,8,15-21H2;1H. The smallest absolute Gasteiger partial charge is 0.229 e. The number of hydrogen-bond acceptors (Lipinski definition) is 5. The molecule has 0 radical (unpaired) electrons. The molecule has 3 aromatic carbocycles. The van der Waals surface area contributed by atoms with E-state index in [1.54, 1.807) is 11.0 Å². The van der Waals surface area contributed by atoms with E-state index in [1.807, 2.05) is 42.5 Å². The Balaban J connectivity index is 0.00000320. The predicted octanol–water partition coefficient (Wildman–Crippen LogP) is 6.13. The van der Waals surface area contributed by atoms with Gasteiger partial charge in [-0.05, 0) is 29.7 Å². The molecule has 1 amide bonds. The summed E-state index contributed by atoms with van der Waals surface area (Å²) in [6.07, 6.45) is 1.12. The summed E-state index contributed by atoms with van der Waals surface area (Å²) in [5.41, 5.74) is 2.52. The Kier molecular flexibility index (Phi) is 9.63. The first-order chi connectivity index (χ1) is 17.7. The molecule has 0 spiro atoms. The van der Waals surface area contributed by atoms with Crippen molar-refractivity contribution >= 4 is 45.0 Å². The Morgan fingerprint density at radius 1 is 0.973 bits per heavy atom. The molecule has 0 unspecified atom stereocenters. The minimum Gasteiger partial charge on any atom is -0.379 e. The van der Waals surface area contributed by atoms with Crippen LogP contribution in [0, 0.1) is 5.82 Å². The molecule has 1 saturated heterocycles. The Hall–Kier alpha value is -2.84. The van der Waals surface area contributed by atoms with Gasteiger partial charge in [0, 0.05) is 38.5 Å². The molecule has 8 heteroatoms. The molecule has 5 nitrogen and oxygen atoms in total. The van der Waals surface area contributed by atoms with E-state index < -0.39 is 0 Å². The van der Waals surface area contributed by atoms with Crippen LogP contribution in [0.5, 0.6) is 0 Å². The van der Waals surface area contributed by atoms with Gasteiger partial charge in [0.2, 0.25) is 5.91 Å². The van der Waals surface area contributed by atoms with Crippen LogP contribution < -0.4 is 4.90 Å². The Bertz CT molecular complexity index is 1240. The van der Waals surface area contributed by atoms with Crippen molar-refractivity contribution in [1.82, 2.24) is 9.88 Å². The minimum absolute atomic E-state index is 0. The van der Waals surface area contributed by atoms with Gasteiger partial charge in [-0.15, -0.1) is 12.4 Å². The van der Waals surface area contributed by atoms with Crippen LogP contribution >= 0.6 is 23.7 Å². The lowest BCUT2D eigenvalue weighted by Crippen LogP contribution is -2.39. The number of aromatic nitrogens is 1. The molecule has 0 N–H and O–H groups in total. The summed E-state index contributed by atoms with van der Waals surface area (Å²) in [7, 11) is 0. The van der Waals surface area contributed by atoms with Crippen LogP contribution in [0.3, 0.4) is 0 Å².